The molecule has 0 spiro atoms. The third-order valence-corrected chi connectivity index (χ3v) is 2.87. The first kappa shape index (κ1) is 14.9. The second-order valence-electron chi connectivity index (χ2n) is 4.34. The summed E-state index contributed by atoms with van der Waals surface area (Å²) in [4.78, 5) is 22.3. The number of ether oxygens (including phenoxy) is 1. The van der Waals surface area contributed by atoms with Gasteiger partial charge in [0, 0.05) is 17.5 Å². The molecule has 1 amide bonds. The Morgan fingerprint density at radius 1 is 1.14 bits per heavy atom. The van der Waals surface area contributed by atoms with E-state index in [1.807, 2.05) is 0 Å². The molecule has 2 aromatic rings. The van der Waals surface area contributed by atoms with Gasteiger partial charge in [-0.15, -0.1) is 0 Å². The van der Waals surface area contributed by atoms with Crippen LogP contribution in [-0.2, 0) is 9.53 Å². The van der Waals surface area contributed by atoms with Gasteiger partial charge >= 0.3 is 5.97 Å². The lowest BCUT2D eigenvalue weighted by Gasteiger charge is -2.08. The number of benzene rings is 2. The molecule has 0 bridgehead atoms. The van der Waals surface area contributed by atoms with E-state index in [1.165, 1.54) is 12.1 Å². The van der Waals surface area contributed by atoms with E-state index in [4.69, 9.17) is 9.84 Å². The molecule has 0 aromatic heterocycles. The van der Waals surface area contributed by atoms with Crippen molar-refractivity contribution in [1.29, 1.82) is 0 Å². The maximum absolute atomic E-state index is 13.7. The fraction of sp³-hybridized carbons (Fsp3) is 0.200. The summed E-state index contributed by atoms with van der Waals surface area (Å²) in [5, 5.41) is 11.9. The zero-order valence-corrected chi connectivity index (χ0v) is 11.1. The van der Waals surface area contributed by atoms with Crippen molar-refractivity contribution < 1.29 is 23.8 Å². The van der Waals surface area contributed by atoms with Crippen molar-refractivity contribution in [2.75, 3.05) is 19.8 Å². The Kier molecular flexibility index (Phi) is 4.84. The molecule has 0 saturated carbocycles. The summed E-state index contributed by atoms with van der Waals surface area (Å²) in [6.07, 6.45) is 0. The summed E-state index contributed by atoms with van der Waals surface area (Å²) in [6.45, 7) is -0.135. The van der Waals surface area contributed by atoms with E-state index >= 15 is 0 Å². The van der Waals surface area contributed by atoms with Crippen LogP contribution in [0.5, 0.6) is 0 Å². The molecule has 2 aromatic carbocycles. The third kappa shape index (κ3) is 3.76. The number of hydrogen-bond donors (Lipinski definition) is 2. The zero-order chi connectivity index (χ0) is 15.2. The lowest BCUT2D eigenvalue weighted by atomic mass is 10.0. The van der Waals surface area contributed by atoms with Gasteiger partial charge < -0.3 is 15.2 Å². The number of rotatable bonds is 6. The quantitative estimate of drug-likeness (QED) is 0.796. The minimum absolute atomic E-state index is 0.0944. The van der Waals surface area contributed by atoms with Crippen molar-refractivity contribution in [1.82, 2.24) is 5.32 Å². The van der Waals surface area contributed by atoms with Gasteiger partial charge in [0.1, 0.15) is 12.4 Å². The molecule has 0 aliphatic carbocycles. The van der Waals surface area contributed by atoms with Crippen LogP contribution in [0.3, 0.4) is 0 Å². The van der Waals surface area contributed by atoms with Crippen LogP contribution in [0.4, 0.5) is 4.39 Å². The molecule has 0 unspecified atom stereocenters. The zero-order valence-electron chi connectivity index (χ0n) is 11.1. The number of aliphatic carboxylic acids is 1. The molecular weight excluding hydrogens is 277 g/mol. The van der Waals surface area contributed by atoms with Gasteiger partial charge in [-0.3, -0.25) is 4.79 Å². The first-order chi connectivity index (χ1) is 10.1. The summed E-state index contributed by atoms with van der Waals surface area (Å²) in [5.74, 6) is -1.80. The minimum atomic E-state index is -1.06. The van der Waals surface area contributed by atoms with Crippen LogP contribution in [-0.4, -0.2) is 36.7 Å². The molecule has 0 radical (unpaired) electrons. The van der Waals surface area contributed by atoms with Gasteiger partial charge in [-0.2, -0.15) is 0 Å². The van der Waals surface area contributed by atoms with Gasteiger partial charge in [-0.1, -0.05) is 24.3 Å². The van der Waals surface area contributed by atoms with Crippen molar-refractivity contribution in [2.45, 2.75) is 0 Å². The van der Waals surface area contributed by atoms with Crippen molar-refractivity contribution >= 4 is 22.6 Å². The predicted octanol–water partition coefficient (Wildman–Crippen LogP) is 1.81. The van der Waals surface area contributed by atoms with Gasteiger partial charge in [-0.25, -0.2) is 9.18 Å². The molecule has 0 saturated heterocycles. The van der Waals surface area contributed by atoms with Gasteiger partial charge in [0.25, 0.3) is 5.91 Å². The van der Waals surface area contributed by atoms with Crippen LogP contribution in [0.1, 0.15) is 10.4 Å². The lowest BCUT2D eigenvalue weighted by molar-refractivity contribution is -0.142. The molecule has 2 rings (SSSR count). The fourth-order valence-corrected chi connectivity index (χ4v) is 1.95. The van der Waals surface area contributed by atoms with Crippen LogP contribution in [0.2, 0.25) is 0 Å². The Bertz CT molecular complexity index is 672. The van der Waals surface area contributed by atoms with E-state index in [-0.39, 0.29) is 24.9 Å². The van der Waals surface area contributed by atoms with Crippen molar-refractivity contribution in [3.63, 3.8) is 0 Å². The minimum Gasteiger partial charge on any atom is -0.480 e. The van der Waals surface area contributed by atoms with Crippen LogP contribution in [0.15, 0.2) is 36.4 Å². The first-order valence-electron chi connectivity index (χ1n) is 6.34. The molecule has 0 atom stereocenters. The van der Waals surface area contributed by atoms with Gasteiger partial charge in [0.05, 0.1) is 6.61 Å². The number of carbonyl (C=O) groups is 2. The molecule has 6 heteroatoms. The highest BCUT2D eigenvalue weighted by atomic mass is 19.1. The van der Waals surface area contributed by atoms with E-state index in [0.717, 1.165) is 0 Å². The molecule has 0 fully saturated rings. The summed E-state index contributed by atoms with van der Waals surface area (Å²) in [7, 11) is 0. The Balaban J connectivity index is 2.03. The van der Waals surface area contributed by atoms with Crippen molar-refractivity contribution in [3.8, 4) is 0 Å². The maximum Gasteiger partial charge on any atom is 0.329 e. The van der Waals surface area contributed by atoms with Crippen LogP contribution in [0, 0.1) is 5.82 Å². The molecule has 5 nitrogen and oxygen atoms in total. The summed E-state index contributed by atoms with van der Waals surface area (Å²) in [6, 6.07) is 9.39. The van der Waals surface area contributed by atoms with Crippen LogP contribution >= 0.6 is 0 Å². The number of amides is 1. The first-order valence-corrected chi connectivity index (χ1v) is 6.34. The highest BCUT2D eigenvalue weighted by Crippen LogP contribution is 2.21. The molecule has 2 N–H and O–H groups in total. The highest BCUT2D eigenvalue weighted by molar-refractivity contribution is 6.07. The lowest BCUT2D eigenvalue weighted by Crippen LogP contribution is -2.28. The van der Waals surface area contributed by atoms with E-state index in [0.29, 0.717) is 16.3 Å². The van der Waals surface area contributed by atoms with E-state index in [2.05, 4.69) is 5.32 Å². The van der Waals surface area contributed by atoms with Gasteiger partial charge in [0.15, 0.2) is 0 Å². The number of nitrogens with one attached hydrogen (secondary N) is 1. The highest BCUT2D eigenvalue weighted by Gasteiger charge is 2.11. The van der Waals surface area contributed by atoms with Crippen molar-refractivity contribution in [3.05, 3.63) is 47.8 Å². The summed E-state index contributed by atoms with van der Waals surface area (Å²) < 4.78 is 18.5. The fourth-order valence-electron chi connectivity index (χ4n) is 1.95. The van der Waals surface area contributed by atoms with Crippen molar-refractivity contribution in [2.24, 2.45) is 0 Å². The number of carboxylic acid groups (broad SMARTS) is 1. The Labute approximate surface area is 120 Å². The van der Waals surface area contributed by atoms with E-state index in [9.17, 15) is 14.0 Å². The van der Waals surface area contributed by atoms with E-state index < -0.39 is 12.6 Å². The van der Waals surface area contributed by atoms with Crippen LogP contribution < -0.4 is 5.32 Å². The average molecular weight is 291 g/mol. The topological polar surface area (TPSA) is 75.6 Å². The summed E-state index contributed by atoms with van der Waals surface area (Å²) >= 11 is 0. The van der Waals surface area contributed by atoms with Gasteiger partial charge in [-0.05, 0) is 17.5 Å². The summed E-state index contributed by atoms with van der Waals surface area (Å²) in [5.41, 5.74) is 0.366. The molecule has 0 heterocycles. The predicted molar refractivity (Wildman–Crippen MR) is 74.7 cm³/mol. The number of carboxylic acids is 1. The largest absolute Gasteiger partial charge is 0.480 e. The van der Waals surface area contributed by atoms with Gasteiger partial charge in [0.2, 0.25) is 0 Å². The van der Waals surface area contributed by atoms with E-state index in [1.54, 1.807) is 24.3 Å². The smallest absolute Gasteiger partial charge is 0.329 e. The second kappa shape index (κ2) is 6.81. The molecule has 0 aliphatic heterocycles. The third-order valence-electron chi connectivity index (χ3n) is 2.87. The maximum atomic E-state index is 13.7. The Morgan fingerprint density at radius 3 is 2.57 bits per heavy atom. The normalized spacial score (nSPS) is 10.5. The molecule has 21 heavy (non-hydrogen) atoms. The molecule has 110 valence electrons. The number of halogens is 1. The Hall–Kier alpha value is -2.47. The molecular formula is C15H14FNO4. The monoisotopic (exact) mass is 291 g/mol. The average Bonchev–Trinajstić information content (AvgIpc) is 2.47. The number of fused-ring (bicyclic) bond motifs is 1. The molecule has 0 aliphatic rings. The SMILES string of the molecule is O=C(O)COCCNC(=O)c1ccc(F)c2ccccc12. The number of hydrogen-bond acceptors (Lipinski definition) is 3. The standard InChI is InChI=1S/C15H14FNO4/c16-13-6-5-12(10-3-1-2-4-11(10)13)15(20)17-7-8-21-9-14(18)19/h1-6H,7-9H2,(H,17,20)(H,18,19). The van der Waals surface area contributed by atoms with Crippen LogP contribution in [0.25, 0.3) is 10.8 Å². The Morgan fingerprint density at radius 2 is 1.86 bits per heavy atom. The number of carbonyl (C=O) groups excluding carboxylic acids is 1. The second-order valence-corrected chi connectivity index (χ2v) is 4.34.